The monoisotopic (exact) mass is 237 g/mol. The van der Waals surface area contributed by atoms with Crippen LogP contribution in [0.3, 0.4) is 0 Å². The molecule has 1 aliphatic rings. The van der Waals surface area contributed by atoms with Gasteiger partial charge < -0.3 is 10.1 Å². The van der Waals surface area contributed by atoms with Crippen molar-refractivity contribution in [2.75, 3.05) is 13.2 Å². The maximum absolute atomic E-state index is 13.3. The van der Waals surface area contributed by atoms with Crippen LogP contribution in [0.4, 0.5) is 4.39 Å². The molecule has 3 heteroatoms. The molecule has 1 fully saturated rings. The Morgan fingerprint density at radius 2 is 2.35 bits per heavy atom. The average Bonchev–Trinajstić information content (AvgIpc) is 2.30. The Kier molecular flexibility index (Phi) is 3.79. The van der Waals surface area contributed by atoms with Crippen molar-refractivity contribution in [3.63, 3.8) is 0 Å². The molecule has 0 saturated carbocycles. The van der Waals surface area contributed by atoms with Crippen LogP contribution in [0.15, 0.2) is 24.3 Å². The molecule has 1 aromatic rings. The Bertz CT molecular complexity index is 380. The number of halogens is 1. The minimum absolute atomic E-state index is 0.196. The number of ether oxygens (including phenoxy) is 1. The van der Waals surface area contributed by atoms with Crippen molar-refractivity contribution < 1.29 is 9.13 Å². The Hall–Kier alpha value is -0.930. The van der Waals surface area contributed by atoms with Gasteiger partial charge in [-0.3, -0.25) is 0 Å². The van der Waals surface area contributed by atoms with Crippen LogP contribution in [-0.4, -0.2) is 19.2 Å². The number of nitrogens with one attached hydrogen (secondary N) is 1. The molecule has 1 heterocycles. The van der Waals surface area contributed by atoms with Gasteiger partial charge in [0, 0.05) is 12.6 Å². The summed E-state index contributed by atoms with van der Waals surface area (Å²) in [5.41, 5.74) is 0.563. The molecule has 1 aliphatic heterocycles. The van der Waals surface area contributed by atoms with Gasteiger partial charge in [-0.15, -0.1) is 0 Å². The lowest BCUT2D eigenvalue weighted by molar-refractivity contribution is -0.0812. The molecule has 0 amide bonds. The predicted octanol–water partition coefficient (Wildman–Crippen LogP) is 2.83. The van der Waals surface area contributed by atoms with Gasteiger partial charge in [0.05, 0.1) is 5.60 Å². The third-order valence-electron chi connectivity index (χ3n) is 3.45. The summed E-state index contributed by atoms with van der Waals surface area (Å²) in [6, 6.07) is 7.20. The first-order chi connectivity index (χ1) is 8.14. The van der Waals surface area contributed by atoms with E-state index in [9.17, 15) is 4.39 Å². The highest BCUT2D eigenvalue weighted by atomic mass is 19.1. The van der Waals surface area contributed by atoms with Crippen LogP contribution in [0.5, 0.6) is 0 Å². The molecule has 1 aromatic carbocycles. The van der Waals surface area contributed by atoms with Crippen molar-refractivity contribution in [1.29, 1.82) is 0 Å². The molecular weight excluding hydrogens is 217 g/mol. The normalized spacial score (nSPS) is 29.2. The summed E-state index contributed by atoms with van der Waals surface area (Å²) in [7, 11) is 0. The predicted molar refractivity (Wildman–Crippen MR) is 66.4 cm³/mol. The molecule has 0 aliphatic carbocycles. The van der Waals surface area contributed by atoms with E-state index in [4.69, 9.17) is 4.74 Å². The van der Waals surface area contributed by atoms with Gasteiger partial charge in [-0.25, -0.2) is 4.39 Å². The molecule has 94 valence electrons. The summed E-state index contributed by atoms with van der Waals surface area (Å²) in [6.45, 7) is 5.84. The minimum Gasteiger partial charge on any atom is -0.370 e. The van der Waals surface area contributed by atoms with Crippen LogP contribution in [0.25, 0.3) is 0 Å². The Morgan fingerprint density at radius 3 is 3.06 bits per heavy atom. The van der Waals surface area contributed by atoms with Gasteiger partial charge in [0.15, 0.2) is 0 Å². The SMILES string of the molecule is CCNC1CCOC(C)(c2cccc(F)c2)C1. The van der Waals surface area contributed by atoms with Gasteiger partial charge in [-0.05, 0) is 44.0 Å². The number of hydrogen-bond donors (Lipinski definition) is 1. The highest BCUT2D eigenvalue weighted by Gasteiger charge is 2.34. The zero-order valence-electron chi connectivity index (χ0n) is 10.5. The van der Waals surface area contributed by atoms with Crippen LogP contribution in [0.2, 0.25) is 0 Å². The van der Waals surface area contributed by atoms with E-state index in [0.717, 1.165) is 31.6 Å². The molecule has 2 nitrogen and oxygen atoms in total. The van der Waals surface area contributed by atoms with E-state index >= 15 is 0 Å². The van der Waals surface area contributed by atoms with Gasteiger partial charge in [-0.2, -0.15) is 0 Å². The molecule has 0 bridgehead atoms. The minimum atomic E-state index is -0.368. The average molecular weight is 237 g/mol. The fourth-order valence-electron chi connectivity index (χ4n) is 2.54. The van der Waals surface area contributed by atoms with Crippen molar-refractivity contribution in [2.45, 2.75) is 38.3 Å². The second-order valence-electron chi connectivity index (χ2n) is 4.84. The second-order valence-corrected chi connectivity index (χ2v) is 4.84. The highest BCUT2D eigenvalue weighted by molar-refractivity contribution is 5.23. The zero-order chi connectivity index (χ0) is 12.3. The Labute approximate surface area is 102 Å². The van der Waals surface area contributed by atoms with Crippen LogP contribution < -0.4 is 5.32 Å². The fraction of sp³-hybridized carbons (Fsp3) is 0.571. The first kappa shape index (κ1) is 12.5. The molecule has 2 rings (SSSR count). The Balaban J connectivity index is 2.17. The lowest BCUT2D eigenvalue weighted by Crippen LogP contribution is -2.43. The maximum atomic E-state index is 13.3. The molecule has 17 heavy (non-hydrogen) atoms. The fourth-order valence-corrected chi connectivity index (χ4v) is 2.54. The summed E-state index contributed by atoms with van der Waals surface area (Å²) in [4.78, 5) is 0. The first-order valence-electron chi connectivity index (χ1n) is 6.27. The standard InChI is InChI=1S/C14H20FNO/c1-3-16-13-7-8-17-14(2,10-13)11-5-4-6-12(15)9-11/h4-6,9,13,16H,3,7-8,10H2,1-2H3. The molecule has 1 saturated heterocycles. The van der Waals surface area contributed by atoms with Crippen molar-refractivity contribution in [1.82, 2.24) is 5.32 Å². The van der Waals surface area contributed by atoms with E-state index in [1.807, 2.05) is 13.0 Å². The van der Waals surface area contributed by atoms with Crippen molar-refractivity contribution in [3.05, 3.63) is 35.6 Å². The van der Waals surface area contributed by atoms with Crippen molar-refractivity contribution in [2.24, 2.45) is 0 Å². The highest BCUT2D eigenvalue weighted by Crippen LogP contribution is 2.34. The van der Waals surface area contributed by atoms with Crippen LogP contribution >= 0.6 is 0 Å². The summed E-state index contributed by atoms with van der Waals surface area (Å²) in [5.74, 6) is -0.196. The third kappa shape index (κ3) is 2.85. The molecule has 2 atom stereocenters. The summed E-state index contributed by atoms with van der Waals surface area (Å²) < 4.78 is 19.1. The van der Waals surface area contributed by atoms with E-state index in [2.05, 4.69) is 12.2 Å². The molecule has 0 spiro atoms. The number of hydrogen-bond acceptors (Lipinski definition) is 2. The molecular formula is C14H20FNO. The van der Waals surface area contributed by atoms with Gasteiger partial charge in [0.25, 0.3) is 0 Å². The molecule has 0 radical (unpaired) electrons. The van der Waals surface area contributed by atoms with Crippen LogP contribution in [-0.2, 0) is 10.3 Å². The maximum Gasteiger partial charge on any atom is 0.123 e. The van der Waals surface area contributed by atoms with E-state index < -0.39 is 0 Å². The van der Waals surface area contributed by atoms with E-state index in [0.29, 0.717) is 6.04 Å². The molecule has 2 unspecified atom stereocenters. The van der Waals surface area contributed by atoms with Gasteiger partial charge in [-0.1, -0.05) is 19.1 Å². The molecule has 1 N–H and O–H groups in total. The van der Waals surface area contributed by atoms with Gasteiger partial charge >= 0.3 is 0 Å². The van der Waals surface area contributed by atoms with Crippen LogP contribution in [0, 0.1) is 5.82 Å². The number of benzene rings is 1. The smallest absolute Gasteiger partial charge is 0.123 e. The quantitative estimate of drug-likeness (QED) is 0.872. The second kappa shape index (κ2) is 5.15. The zero-order valence-corrected chi connectivity index (χ0v) is 10.5. The lowest BCUT2D eigenvalue weighted by atomic mass is 9.85. The summed E-state index contributed by atoms with van der Waals surface area (Å²) in [5, 5.41) is 3.45. The van der Waals surface area contributed by atoms with Gasteiger partial charge in [0.1, 0.15) is 5.82 Å². The summed E-state index contributed by atoms with van der Waals surface area (Å²) >= 11 is 0. The van der Waals surface area contributed by atoms with Crippen LogP contribution in [0.1, 0.15) is 32.3 Å². The van der Waals surface area contributed by atoms with Crippen molar-refractivity contribution in [3.8, 4) is 0 Å². The third-order valence-corrected chi connectivity index (χ3v) is 3.45. The first-order valence-corrected chi connectivity index (χ1v) is 6.27. The summed E-state index contributed by atoms with van der Waals surface area (Å²) in [6.07, 6.45) is 1.92. The van der Waals surface area contributed by atoms with E-state index in [1.165, 1.54) is 6.07 Å². The van der Waals surface area contributed by atoms with E-state index in [-0.39, 0.29) is 11.4 Å². The van der Waals surface area contributed by atoms with Gasteiger partial charge in [0.2, 0.25) is 0 Å². The largest absolute Gasteiger partial charge is 0.370 e. The lowest BCUT2D eigenvalue weighted by Gasteiger charge is -2.39. The number of rotatable bonds is 3. The Morgan fingerprint density at radius 1 is 1.53 bits per heavy atom. The molecule has 0 aromatic heterocycles. The van der Waals surface area contributed by atoms with E-state index in [1.54, 1.807) is 12.1 Å². The topological polar surface area (TPSA) is 21.3 Å². The van der Waals surface area contributed by atoms with Crippen molar-refractivity contribution >= 4 is 0 Å².